The van der Waals surface area contributed by atoms with E-state index < -0.39 is 0 Å². The van der Waals surface area contributed by atoms with Crippen molar-refractivity contribution in [2.45, 2.75) is 26.2 Å². The Kier molecular flexibility index (Phi) is 3.45. The Hall–Kier alpha value is -1.39. The average molecular weight is 235 g/mol. The molecular formula is C13H17NO3. The minimum absolute atomic E-state index is 0.0315. The van der Waals surface area contributed by atoms with Gasteiger partial charge in [-0.2, -0.15) is 0 Å². The SMILES string of the molecule is CC(CO)N(C)C(=O)c1ccc2c(c1)COC2. The summed E-state index contributed by atoms with van der Waals surface area (Å²) in [7, 11) is 1.70. The lowest BCUT2D eigenvalue weighted by Crippen LogP contribution is -2.37. The summed E-state index contributed by atoms with van der Waals surface area (Å²) in [5.74, 6) is -0.0683. The maximum atomic E-state index is 12.1. The van der Waals surface area contributed by atoms with Gasteiger partial charge in [-0.3, -0.25) is 4.79 Å². The van der Waals surface area contributed by atoms with Crippen molar-refractivity contribution >= 4 is 5.91 Å². The monoisotopic (exact) mass is 235 g/mol. The van der Waals surface area contributed by atoms with Gasteiger partial charge in [0.15, 0.2) is 0 Å². The molecule has 0 aliphatic carbocycles. The summed E-state index contributed by atoms with van der Waals surface area (Å²) in [6.07, 6.45) is 0. The van der Waals surface area contributed by atoms with Gasteiger partial charge in [-0.15, -0.1) is 0 Å². The Morgan fingerprint density at radius 1 is 1.47 bits per heavy atom. The number of carbonyl (C=O) groups excluding carboxylic acids is 1. The molecule has 17 heavy (non-hydrogen) atoms. The van der Waals surface area contributed by atoms with Gasteiger partial charge in [0.1, 0.15) is 0 Å². The zero-order valence-corrected chi connectivity index (χ0v) is 10.1. The number of likely N-dealkylation sites (N-methyl/N-ethyl adjacent to an activating group) is 1. The van der Waals surface area contributed by atoms with Crippen molar-refractivity contribution in [3.05, 3.63) is 34.9 Å². The molecule has 0 spiro atoms. The highest BCUT2D eigenvalue weighted by Crippen LogP contribution is 2.21. The smallest absolute Gasteiger partial charge is 0.253 e. The fourth-order valence-corrected chi connectivity index (χ4v) is 1.83. The molecule has 92 valence electrons. The molecule has 0 aromatic heterocycles. The molecule has 1 aromatic rings. The van der Waals surface area contributed by atoms with Crippen LogP contribution in [0.3, 0.4) is 0 Å². The van der Waals surface area contributed by atoms with Gasteiger partial charge in [0.25, 0.3) is 5.91 Å². The van der Waals surface area contributed by atoms with Crippen LogP contribution in [-0.4, -0.2) is 35.6 Å². The molecule has 1 unspecified atom stereocenters. The number of aliphatic hydroxyl groups excluding tert-OH is 1. The first-order valence-corrected chi connectivity index (χ1v) is 5.71. The Morgan fingerprint density at radius 2 is 2.18 bits per heavy atom. The third-order valence-electron chi connectivity index (χ3n) is 3.21. The summed E-state index contributed by atoms with van der Waals surface area (Å²) in [5.41, 5.74) is 2.89. The number of ether oxygens (including phenoxy) is 1. The number of hydrogen-bond donors (Lipinski definition) is 1. The lowest BCUT2D eigenvalue weighted by Gasteiger charge is -2.23. The lowest BCUT2D eigenvalue weighted by molar-refractivity contribution is 0.0682. The Labute approximate surface area is 101 Å². The van der Waals surface area contributed by atoms with Crippen molar-refractivity contribution in [3.63, 3.8) is 0 Å². The van der Waals surface area contributed by atoms with E-state index in [1.54, 1.807) is 11.9 Å². The first-order valence-electron chi connectivity index (χ1n) is 5.71. The van der Waals surface area contributed by atoms with Crippen molar-refractivity contribution in [1.82, 2.24) is 4.90 Å². The summed E-state index contributed by atoms with van der Waals surface area (Å²) >= 11 is 0. The molecule has 1 heterocycles. The van der Waals surface area contributed by atoms with E-state index in [1.165, 1.54) is 0 Å². The molecule has 1 atom stereocenters. The zero-order valence-electron chi connectivity index (χ0n) is 10.1. The Morgan fingerprint density at radius 3 is 2.88 bits per heavy atom. The summed E-state index contributed by atoms with van der Waals surface area (Å²) in [6.45, 7) is 2.99. The van der Waals surface area contributed by atoms with Crippen LogP contribution in [0.25, 0.3) is 0 Å². The van der Waals surface area contributed by atoms with Crippen LogP contribution in [-0.2, 0) is 18.0 Å². The number of amides is 1. The van der Waals surface area contributed by atoms with E-state index in [0.29, 0.717) is 18.8 Å². The number of fused-ring (bicyclic) bond motifs is 1. The molecule has 1 aliphatic rings. The maximum absolute atomic E-state index is 12.1. The number of rotatable bonds is 3. The van der Waals surface area contributed by atoms with Crippen molar-refractivity contribution in [3.8, 4) is 0 Å². The normalized spacial score (nSPS) is 15.5. The minimum Gasteiger partial charge on any atom is -0.394 e. The molecule has 0 fully saturated rings. The topological polar surface area (TPSA) is 49.8 Å². The maximum Gasteiger partial charge on any atom is 0.253 e. The van der Waals surface area contributed by atoms with Crippen LogP contribution in [0.5, 0.6) is 0 Å². The second-order valence-corrected chi connectivity index (χ2v) is 4.42. The highest BCUT2D eigenvalue weighted by molar-refractivity contribution is 5.94. The van der Waals surface area contributed by atoms with Crippen LogP contribution >= 0.6 is 0 Å². The van der Waals surface area contributed by atoms with E-state index in [-0.39, 0.29) is 18.6 Å². The average Bonchev–Trinajstić information content (AvgIpc) is 2.83. The van der Waals surface area contributed by atoms with Crippen LogP contribution in [0, 0.1) is 0 Å². The van der Waals surface area contributed by atoms with Gasteiger partial charge in [0.2, 0.25) is 0 Å². The minimum atomic E-state index is -0.174. The van der Waals surface area contributed by atoms with Crippen LogP contribution < -0.4 is 0 Å². The molecule has 0 saturated carbocycles. The third-order valence-corrected chi connectivity index (χ3v) is 3.21. The highest BCUT2D eigenvalue weighted by Gasteiger charge is 2.19. The summed E-state index contributed by atoms with van der Waals surface area (Å²) in [5, 5.41) is 9.04. The molecule has 1 N–H and O–H groups in total. The second kappa shape index (κ2) is 4.85. The molecular weight excluding hydrogens is 218 g/mol. The first kappa shape index (κ1) is 12.1. The van der Waals surface area contributed by atoms with Crippen LogP contribution in [0.4, 0.5) is 0 Å². The predicted octanol–water partition coefficient (Wildman–Crippen LogP) is 1.17. The highest BCUT2D eigenvalue weighted by atomic mass is 16.5. The second-order valence-electron chi connectivity index (χ2n) is 4.42. The molecule has 1 aliphatic heterocycles. The van der Waals surface area contributed by atoms with E-state index in [9.17, 15) is 4.79 Å². The van der Waals surface area contributed by atoms with Gasteiger partial charge in [-0.05, 0) is 30.2 Å². The predicted molar refractivity (Wildman–Crippen MR) is 63.6 cm³/mol. The summed E-state index contributed by atoms with van der Waals surface area (Å²) < 4.78 is 5.31. The van der Waals surface area contributed by atoms with E-state index in [4.69, 9.17) is 9.84 Å². The molecule has 4 heteroatoms. The van der Waals surface area contributed by atoms with E-state index in [0.717, 1.165) is 11.1 Å². The van der Waals surface area contributed by atoms with Gasteiger partial charge in [0, 0.05) is 12.6 Å². The van der Waals surface area contributed by atoms with Crippen molar-refractivity contribution in [1.29, 1.82) is 0 Å². The standard InChI is InChI=1S/C13H17NO3/c1-9(6-15)14(2)13(16)10-3-4-11-7-17-8-12(11)5-10/h3-5,9,15H,6-8H2,1-2H3. The molecule has 0 saturated heterocycles. The van der Waals surface area contributed by atoms with Crippen LogP contribution in [0.2, 0.25) is 0 Å². The molecule has 1 amide bonds. The third kappa shape index (κ3) is 2.33. The van der Waals surface area contributed by atoms with Crippen molar-refractivity contribution in [2.24, 2.45) is 0 Å². The quantitative estimate of drug-likeness (QED) is 0.855. The molecule has 2 rings (SSSR count). The molecule has 0 radical (unpaired) electrons. The number of hydrogen-bond acceptors (Lipinski definition) is 3. The molecule has 1 aromatic carbocycles. The van der Waals surface area contributed by atoms with Crippen LogP contribution in [0.1, 0.15) is 28.4 Å². The first-order chi connectivity index (χ1) is 8.13. The van der Waals surface area contributed by atoms with Crippen molar-refractivity contribution < 1.29 is 14.6 Å². The number of benzene rings is 1. The molecule has 0 bridgehead atoms. The number of nitrogens with zero attached hydrogens (tertiary/aromatic N) is 1. The summed E-state index contributed by atoms with van der Waals surface area (Å²) in [6, 6.07) is 5.46. The van der Waals surface area contributed by atoms with E-state index in [1.807, 2.05) is 25.1 Å². The van der Waals surface area contributed by atoms with Gasteiger partial charge in [0.05, 0.1) is 25.9 Å². The number of carbonyl (C=O) groups is 1. The number of aliphatic hydroxyl groups is 1. The van der Waals surface area contributed by atoms with Crippen LogP contribution in [0.15, 0.2) is 18.2 Å². The molecule has 4 nitrogen and oxygen atoms in total. The van der Waals surface area contributed by atoms with E-state index >= 15 is 0 Å². The lowest BCUT2D eigenvalue weighted by atomic mass is 10.1. The van der Waals surface area contributed by atoms with Gasteiger partial charge >= 0.3 is 0 Å². The zero-order chi connectivity index (χ0) is 12.4. The fourth-order valence-electron chi connectivity index (χ4n) is 1.83. The van der Waals surface area contributed by atoms with Gasteiger partial charge < -0.3 is 14.7 Å². The van der Waals surface area contributed by atoms with Gasteiger partial charge in [-0.1, -0.05) is 6.07 Å². The summed E-state index contributed by atoms with van der Waals surface area (Å²) in [4.78, 5) is 13.7. The van der Waals surface area contributed by atoms with Crippen molar-refractivity contribution in [2.75, 3.05) is 13.7 Å². The largest absolute Gasteiger partial charge is 0.394 e. The fraction of sp³-hybridized carbons (Fsp3) is 0.462. The Balaban J connectivity index is 2.20. The van der Waals surface area contributed by atoms with E-state index in [2.05, 4.69) is 0 Å². The Bertz CT molecular complexity index is 431. The van der Waals surface area contributed by atoms with Gasteiger partial charge in [-0.25, -0.2) is 0 Å².